The van der Waals surface area contributed by atoms with E-state index in [1.54, 1.807) is 0 Å². The zero-order chi connectivity index (χ0) is 5.21. The minimum Gasteiger partial charge on any atom is -0.551 e. The Bertz CT molecular complexity index is 37.8. The summed E-state index contributed by atoms with van der Waals surface area (Å²) in [6.45, 7) is 5.88. The van der Waals surface area contributed by atoms with Gasteiger partial charge in [0.05, 0.1) is 0 Å². The molecule has 7 heavy (non-hydrogen) atoms. The molecule has 0 aliphatic rings. The minimum absolute atomic E-state index is 0. The van der Waals surface area contributed by atoms with Gasteiger partial charge in [-0.2, -0.15) is 0 Å². The van der Waals surface area contributed by atoms with Gasteiger partial charge in [0.2, 0.25) is 0 Å². The van der Waals surface area contributed by atoms with Gasteiger partial charge in [-0.05, 0) is 20.8 Å². The maximum atomic E-state index is 4.69. The number of ether oxygens (including phenoxy) is 1. The maximum absolute atomic E-state index is 4.69. The van der Waals surface area contributed by atoms with Crippen molar-refractivity contribution in [2.45, 2.75) is 26.4 Å². The molecule has 0 amide bonds. The van der Waals surface area contributed by atoms with Gasteiger partial charge < -0.3 is 4.74 Å². The molecular weight excluding hydrogens is 83.0 g/mol. The molecule has 0 atom stereocenters. The van der Waals surface area contributed by atoms with E-state index in [1.165, 1.54) is 0 Å². The summed E-state index contributed by atoms with van der Waals surface area (Å²) < 4.78 is 4.69. The molecule has 2 heteroatoms. The molecule has 0 aromatic rings. The standard InChI is InChI=1S/C5H11O.Li/c1-5(2,3)6-4;/h4H2,1-3H3;/q-1;+1. The summed E-state index contributed by atoms with van der Waals surface area (Å²) in [6, 6.07) is 0. The zero-order valence-electron chi connectivity index (χ0n) is 5.62. The van der Waals surface area contributed by atoms with Crippen LogP contribution in [0.5, 0.6) is 0 Å². The number of hydrogen-bond donors (Lipinski definition) is 0. The van der Waals surface area contributed by atoms with Gasteiger partial charge >= 0.3 is 18.9 Å². The number of rotatable bonds is 0. The minimum atomic E-state index is -0.0694. The molecule has 0 saturated heterocycles. The molecule has 0 N–H and O–H groups in total. The fourth-order valence-electron chi connectivity index (χ4n) is 0. The molecule has 0 heterocycles. The Hall–Kier alpha value is 0.557. The van der Waals surface area contributed by atoms with Crippen LogP contribution in [0.25, 0.3) is 0 Å². The van der Waals surface area contributed by atoms with Crippen LogP contribution in [0, 0.1) is 7.11 Å². The van der Waals surface area contributed by atoms with Gasteiger partial charge in [-0.3, -0.25) is 0 Å². The SMILES string of the molecule is [CH2-]OC(C)(C)C.[Li+]. The van der Waals surface area contributed by atoms with E-state index in [-0.39, 0.29) is 24.5 Å². The molecule has 0 radical (unpaired) electrons. The van der Waals surface area contributed by atoms with Crippen LogP contribution in [0.15, 0.2) is 0 Å². The Morgan fingerprint density at radius 1 is 1.29 bits per heavy atom. The van der Waals surface area contributed by atoms with E-state index >= 15 is 0 Å². The van der Waals surface area contributed by atoms with Crippen molar-refractivity contribution >= 4 is 0 Å². The summed E-state index contributed by atoms with van der Waals surface area (Å²) in [5.74, 6) is 0. The van der Waals surface area contributed by atoms with Crippen LogP contribution in [0.2, 0.25) is 0 Å². The van der Waals surface area contributed by atoms with Crippen molar-refractivity contribution in [3.63, 3.8) is 0 Å². The molecule has 0 rings (SSSR count). The first-order valence-corrected chi connectivity index (χ1v) is 1.99. The predicted molar refractivity (Wildman–Crippen MR) is 26.2 cm³/mol. The molecule has 38 valence electrons. The predicted octanol–water partition coefficient (Wildman–Crippen LogP) is -1.40. The first-order valence-electron chi connectivity index (χ1n) is 1.99. The normalized spacial score (nSPS) is 10.3. The first kappa shape index (κ1) is 10.5. The molecule has 0 spiro atoms. The van der Waals surface area contributed by atoms with E-state index in [2.05, 4.69) is 11.8 Å². The number of hydrogen-bond acceptors (Lipinski definition) is 1. The van der Waals surface area contributed by atoms with Crippen LogP contribution >= 0.6 is 0 Å². The van der Waals surface area contributed by atoms with Crippen LogP contribution in [-0.4, -0.2) is 5.60 Å². The van der Waals surface area contributed by atoms with Crippen LogP contribution < -0.4 is 18.9 Å². The van der Waals surface area contributed by atoms with Gasteiger partial charge in [-0.1, -0.05) is 0 Å². The van der Waals surface area contributed by atoms with Crippen molar-refractivity contribution < 1.29 is 23.6 Å². The Morgan fingerprint density at radius 2 is 1.43 bits per heavy atom. The molecule has 0 aliphatic heterocycles. The van der Waals surface area contributed by atoms with Gasteiger partial charge in [0.1, 0.15) is 0 Å². The van der Waals surface area contributed by atoms with Gasteiger partial charge in [-0.15, -0.1) is 0 Å². The smallest absolute Gasteiger partial charge is 0.551 e. The summed E-state index contributed by atoms with van der Waals surface area (Å²) in [5, 5.41) is 0. The molecule has 0 aromatic carbocycles. The monoisotopic (exact) mass is 94.1 g/mol. The van der Waals surface area contributed by atoms with E-state index in [9.17, 15) is 0 Å². The summed E-state index contributed by atoms with van der Waals surface area (Å²) in [7, 11) is 3.26. The van der Waals surface area contributed by atoms with Crippen molar-refractivity contribution in [2.24, 2.45) is 0 Å². The largest absolute Gasteiger partial charge is 1.00 e. The van der Waals surface area contributed by atoms with Gasteiger partial charge in [0, 0.05) is 5.60 Å². The van der Waals surface area contributed by atoms with Crippen LogP contribution in [0.4, 0.5) is 0 Å². The van der Waals surface area contributed by atoms with Gasteiger partial charge in [-0.25, -0.2) is 7.11 Å². The van der Waals surface area contributed by atoms with E-state index < -0.39 is 0 Å². The van der Waals surface area contributed by atoms with Crippen LogP contribution in [-0.2, 0) is 4.74 Å². The molecule has 0 saturated carbocycles. The Kier molecular flexibility index (Phi) is 5.33. The molecule has 0 aromatic heterocycles. The van der Waals surface area contributed by atoms with Crippen molar-refractivity contribution in [3.05, 3.63) is 7.11 Å². The second-order valence-electron chi connectivity index (χ2n) is 2.26. The average molecular weight is 94.1 g/mol. The van der Waals surface area contributed by atoms with E-state index in [0.29, 0.717) is 0 Å². The molecule has 0 bridgehead atoms. The fourth-order valence-corrected chi connectivity index (χ4v) is 0. The third-order valence-corrected chi connectivity index (χ3v) is 0.433. The van der Waals surface area contributed by atoms with Gasteiger partial charge in [0.15, 0.2) is 0 Å². The van der Waals surface area contributed by atoms with Crippen molar-refractivity contribution in [3.8, 4) is 0 Å². The third kappa shape index (κ3) is 10.8. The first-order chi connectivity index (χ1) is 2.56. The van der Waals surface area contributed by atoms with Crippen molar-refractivity contribution in [1.29, 1.82) is 0 Å². The molecule has 1 nitrogen and oxygen atoms in total. The summed E-state index contributed by atoms with van der Waals surface area (Å²) in [4.78, 5) is 0. The van der Waals surface area contributed by atoms with Crippen LogP contribution in [0.1, 0.15) is 20.8 Å². The summed E-state index contributed by atoms with van der Waals surface area (Å²) >= 11 is 0. The maximum Gasteiger partial charge on any atom is 1.00 e. The molecule has 0 aliphatic carbocycles. The second kappa shape index (κ2) is 3.55. The van der Waals surface area contributed by atoms with Gasteiger partial charge in [0.25, 0.3) is 0 Å². The second-order valence-corrected chi connectivity index (χ2v) is 2.26. The topological polar surface area (TPSA) is 9.23 Å². The Labute approximate surface area is 57.6 Å². The van der Waals surface area contributed by atoms with Crippen molar-refractivity contribution in [1.82, 2.24) is 0 Å². The summed E-state index contributed by atoms with van der Waals surface area (Å²) in [6.07, 6.45) is 0. The Morgan fingerprint density at radius 3 is 1.43 bits per heavy atom. The molecular formula is C5H11LiO. The quantitative estimate of drug-likeness (QED) is 0.265. The fraction of sp³-hybridized carbons (Fsp3) is 0.800. The summed E-state index contributed by atoms with van der Waals surface area (Å²) in [5.41, 5.74) is -0.0694. The van der Waals surface area contributed by atoms with Crippen molar-refractivity contribution in [2.75, 3.05) is 0 Å². The van der Waals surface area contributed by atoms with E-state index in [1.807, 2.05) is 20.8 Å². The van der Waals surface area contributed by atoms with E-state index in [4.69, 9.17) is 0 Å². The third-order valence-electron chi connectivity index (χ3n) is 0.433. The van der Waals surface area contributed by atoms with Crippen LogP contribution in [0.3, 0.4) is 0 Å². The molecule has 0 unspecified atom stereocenters. The molecule has 0 fully saturated rings. The zero-order valence-corrected chi connectivity index (χ0v) is 5.62. The average Bonchev–Trinajstić information content (AvgIpc) is 1.35. The van der Waals surface area contributed by atoms with E-state index in [0.717, 1.165) is 0 Å². The Balaban J connectivity index is 0.